The minimum Gasteiger partial charge on any atom is -0.394 e. The molecule has 1 rings (SSSR count). The van der Waals surface area contributed by atoms with E-state index < -0.39 is 0 Å². The first-order valence-electron chi connectivity index (χ1n) is 8.78. The summed E-state index contributed by atoms with van der Waals surface area (Å²) in [6, 6.07) is 0. The number of hydrogen-bond donors (Lipinski definition) is 2. The van der Waals surface area contributed by atoms with Gasteiger partial charge in [-0.25, -0.2) is 0 Å². The van der Waals surface area contributed by atoms with Crippen LogP contribution in [0.5, 0.6) is 0 Å². The summed E-state index contributed by atoms with van der Waals surface area (Å²) in [4.78, 5) is 2.34. The largest absolute Gasteiger partial charge is 0.394 e. The molecule has 2 N–H and O–H groups in total. The first-order chi connectivity index (χ1) is 10.2. The maximum atomic E-state index is 9.70. The van der Waals surface area contributed by atoms with Crippen molar-refractivity contribution in [2.75, 3.05) is 46.5 Å². The molecule has 0 aliphatic heterocycles. The lowest BCUT2D eigenvalue weighted by atomic mass is 9.91. The Hall–Kier alpha value is -0.160. The highest BCUT2D eigenvalue weighted by molar-refractivity contribution is 4.86. The lowest BCUT2D eigenvalue weighted by molar-refractivity contribution is 0.0997. The number of likely N-dealkylation sites (N-methyl/N-ethyl adjacent to an activating group) is 1. The van der Waals surface area contributed by atoms with Crippen LogP contribution >= 0.6 is 0 Å². The third kappa shape index (κ3) is 8.15. The summed E-state index contributed by atoms with van der Waals surface area (Å²) in [7, 11) is 2.16. The lowest BCUT2D eigenvalue weighted by Gasteiger charge is -2.33. The maximum Gasteiger partial charge on any atom is 0.0613 e. The first-order valence-corrected chi connectivity index (χ1v) is 8.78. The number of nitrogens with zero attached hydrogens (tertiary/aromatic N) is 1. The highest BCUT2D eigenvalue weighted by Crippen LogP contribution is 2.28. The minimum atomic E-state index is -0.0840. The SMILES string of the molecule is CCCNC(CC)(CO)CCCN(C)CCOCC1CC1. The van der Waals surface area contributed by atoms with Gasteiger partial charge >= 0.3 is 0 Å². The third-order valence-corrected chi connectivity index (χ3v) is 4.59. The van der Waals surface area contributed by atoms with E-state index in [2.05, 4.69) is 31.1 Å². The number of aliphatic hydroxyl groups excluding tert-OH is 1. The molecule has 126 valence electrons. The van der Waals surface area contributed by atoms with Crippen LogP contribution in [0.3, 0.4) is 0 Å². The zero-order valence-corrected chi connectivity index (χ0v) is 14.4. The third-order valence-electron chi connectivity index (χ3n) is 4.59. The van der Waals surface area contributed by atoms with E-state index in [0.29, 0.717) is 0 Å². The maximum absolute atomic E-state index is 9.70. The molecule has 21 heavy (non-hydrogen) atoms. The molecule has 1 fully saturated rings. The quantitative estimate of drug-likeness (QED) is 0.483. The van der Waals surface area contributed by atoms with Crippen LogP contribution in [-0.4, -0.2) is 62.0 Å². The van der Waals surface area contributed by atoms with Crippen molar-refractivity contribution in [3.8, 4) is 0 Å². The van der Waals surface area contributed by atoms with Crippen LogP contribution in [0.25, 0.3) is 0 Å². The Labute approximate surface area is 131 Å². The summed E-state index contributed by atoms with van der Waals surface area (Å²) < 4.78 is 5.68. The van der Waals surface area contributed by atoms with E-state index in [9.17, 15) is 5.11 Å². The standard InChI is InChI=1S/C17H36N2O2/c1-4-10-18-17(5-2,15-20)9-6-11-19(3)12-13-21-14-16-7-8-16/h16,18,20H,4-15H2,1-3H3. The predicted octanol–water partition coefficient (Wildman–Crippen LogP) is 2.27. The molecule has 0 saturated heterocycles. The van der Waals surface area contributed by atoms with Crippen molar-refractivity contribution < 1.29 is 9.84 Å². The molecule has 0 spiro atoms. The first kappa shape index (κ1) is 18.9. The molecular weight excluding hydrogens is 264 g/mol. The molecule has 1 unspecified atom stereocenters. The molecule has 4 heteroatoms. The van der Waals surface area contributed by atoms with Crippen molar-refractivity contribution in [2.45, 2.75) is 57.9 Å². The van der Waals surface area contributed by atoms with Gasteiger partial charge < -0.3 is 20.1 Å². The van der Waals surface area contributed by atoms with E-state index in [-0.39, 0.29) is 12.1 Å². The summed E-state index contributed by atoms with van der Waals surface area (Å²) in [5.74, 6) is 0.856. The average Bonchev–Trinajstić information content (AvgIpc) is 3.32. The van der Waals surface area contributed by atoms with Crippen LogP contribution in [0.2, 0.25) is 0 Å². The molecule has 0 aromatic carbocycles. The molecule has 0 bridgehead atoms. The Bertz CT molecular complexity index is 253. The van der Waals surface area contributed by atoms with Crippen LogP contribution in [0.15, 0.2) is 0 Å². The highest BCUT2D eigenvalue weighted by atomic mass is 16.5. The van der Waals surface area contributed by atoms with Gasteiger partial charge in [-0.15, -0.1) is 0 Å². The summed E-state index contributed by atoms with van der Waals surface area (Å²) in [5, 5.41) is 13.2. The number of ether oxygens (including phenoxy) is 1. The average molecular weight is 300 g/mol. The van der Waals surface area contributed by atoms with Gasteiger partial charge in [0.25, 0.3) is 0 Å². The van der Waals surface area contributed by atoms with Gasteiger partial charge in [0.05, 0.1) is 13.2 Å². The van der Waals surface area contributed by atoms with Gasteiger partial charge in [0.2, 0.25) is 0 Å². The van der Waals surface area contributed by atoms with Gasteiger partial charge in [0, 0.05) is 18.7 Å². The zero-order valence-electron chi connectivity index (χ0n) is 14.4. The van der Waals surface area contributed by atoms with Crippen LogP contribution < -0.4 is 5.32 Å². The Morgan fingerprint density at radius 1 is 1.29 bits per heavy atom. The van der Waals surface area contributed by atoms with E-state index in [4.69, 9.17) is 4.74 Å². The lowest BCUT2D eigenvalue weighted by Crippen LogP contribution is -2.48. The number of nitrogens with one attached hydrogen (secondary N) is 1. The topological polar surface area (TPSA) is 44.7 Å². The molecule has 0 heterocycles. The molecule has 1 atom stereocenters. The fourth-order valence-corrected chi connectivity index (χ4v) is 2.58. The number of rotatable bonds is 14. The number of hydrogen-bond acceptors (Lipinski definition) is 4. The molecule has 4 nitrogen and oxygen atoms in total. The minimum absolute atomic E-state index is 0.0840. The molecule has 1 aliphatic rings. The van der Waals surface area contributed by atoms with E-state index >= 15 is 0 Å². The normalized spacial score (nSPS) is 18.1. The van der Waals surface area contributed by atoms with Crippen LogP contribution in [0.1, 0.15) is 52.4 Å². The molecular formula is C17H36N2O2. The smallest absolute Gasteiger partial charge is 0.0613 e. The zero-order chi connectivity index (χ0) is 15.6. The summed E-state index contributed by atoms with van der Waals surface area (Å²) in [6.07, 6.45) is 6.97. The second-order valence-corrected chi connectivity index (χ2v) is 6.64. The van der Waals surface area contributed by atoms with Crippen LogP contribution in [0, 0.1) is 5.92 Å². The number of aliphatic hydroxyl groups is 1. The van der Waals surface area contributed by atoms with Crippen molar-refractivity contribution in [3.05, 3.63) is 0 Å². The van der Waals surface area contributed by atoms with Crippen molar-refractivity contribution in [3.63, 3.8) is 0 Å². The van der Waals surface area contributed by atoms with Crippen molar-refractivity contribution in [1.82, 2.24) is 10.2 Å². The Kier molecular flexibility index (Phi) is 9.49. The van der Waals surface area contributed by atoms with E-state index in [1.165, 1.54) is 12.8 Å². The van der Waals surface area contributed by atoms with Gasteiger partial charge in [-0.3, -0.25) is 0 Å². The van der Waals surface area contributed by atoms with Crippen LogP contribution in [0.4, 0.5) is 0 Å². The predicted molar refractivity (Wildman–Crippen MR) is 88.7 cm³/mol. The van der Waals surface area contributed by atoms with Crippen molar-refractivity contribution in [1.29, 1.82) is 0 Å². The summed E-state index contributed by atoms with van der Waals surface area (Å²) >= 11 is 0. The summed E-state index contributed by atoms with van der Waals surface area (Å²) in [6.45, 7) is 9.43. The Morgan fingerprint density at radius 3 is 2.62 bits per heavy atom. The van der Waals surface area contributed by atoms with Gasteiger partial charge in [-0.2, -0.15) is 0 Å². The van der Waals surface area contributed by atoms with Gasteiger partial charge in [0.1, 0.15) is 0 Å². The van der Waals surface area contributed by atoms with Gasteiger partial charge in [-0.1, -0.05) is 13.8 Å². The molecule has 0 aromatic rings. The van der Waals surface area contributed by atoms with E-state index in [1.807, 2.05) is 0 Å². The van der Waals surface area contributed by atoms with E-state index in [1.54, 1.807) is 0 Å². The summed E-state index contributed by atoms with van der Waals surface area (Å²) in [5.41, 5.74) is -0.0840. The Balaban J connectivity index is 2.09. The van der Waals surface area contributed by atoms with Crippen molar-refractivity contribution in [2.24, 2.45) is 5.92 Å². The second-order valence-electron chi connectivity index (χ2n) is 6.64. The molecule has 0 amide bonds. The van der Waals surface area contributed by atoms with Crippen molar-refractivity contribution >= 4 is 0 Å². The molecule has 1 aliphatic carbocycles. The van der Waals surface area contributed by atoms with Gasteiger partial charge in [0.15, 0.2) is 0 Å². The molecule has 1 saturated carbocycles. The van der Waals surface area contributed by atoms with Crippen LogP contribution in [-0.2, 0) is 4.74 Å². The molecule has 0 radical (unpaired) electrons. The highest BCUT2D eigenvalue weighted by Gasteiger charge is 2.25. The van der Waals surface area contributed by atoms with E-state index in [0.717, 1.165) is 64.4 Å². The molecule has 0 aromatic heterocycles. The monoisotopic (exact) mass is 300 g/mol. The fraction of sp³-hybridized carbons (Fsp3) is 1.00. The fourth-order valence-electron chi connectivity index (χ4n) is 2.58. The second kappa shape index (κ2) is 10.5. The Morgan fingerprint density at radius 2 is 2.05 bits per heavy atom. The van der Waals surface area contributed by atoms with Gasteiger partial charge in [-0.05, 0) is 64.6 Å².